The number of rotatable bonds is 4. The van der Waals surface area contributed by atoms with Crippen LogP contribution in [0.25, 0.3) is 0 Å². The predicted octanol–water partition coefficient (Wildman–Crippen LogP) is 1.40. The van der Waals surface area contributed by atoms with Crippen LogP contribution in [0.1, 0.15) is 5.56 Å². The van der Waals surface area contributed by atoms with Crippen LogP contribution in [0.3, 0.4) is 0 Å². The van der Waals surface area contributed by atoms with Crippen molar-refractivity contribution in [3.8, 4) is 5.75 Å². The van der Waals surface area contributed by atoms with Gasteiger partial charge in [-0.3, -0.25) is 0 Å². The second-order valence-electron chi connectivity index (χ2n) is 2.51. The summed E-state index contributed by atoms with van der Waals surface area (Å²) in [6, 6.07) is 5.48. The van der Waals surface area contributed by atoms with Crippen LogP contribution in [0.4, 0.5) is 8.78 Å². The Bertz CT molecular complexity index is 351. The molecule has 0 unspecified atom stereocenters. The summed E-state index contributed by atoms with van der Waals surface area (Å²) in [5, 5.41) is 0. The molecule has 0 spiro atoms. The Balaban J connectivity index is 2.68. The smallest absolute Gasteiger partial charge is 0.387 e. The van der Waals surface area contributed by atoms with E-state index in [0.29, 0.717) is 5.56 Å². The molecular formula is C8H8F2O3S. The first-order valence-corrected chi connectivity index (χ1v) is 5.10. The van der Waals surface area contributed by atoms with E-state index < -0.39 is 17.3 Å². The van der Waals surface area contributed by atoms with Gasteiger partial charge in [0.2, 0.25) is 0 Å². The van der Waals surface area contributed by atoms with Crippen LogP contribution >= 0.6 is 0 Å². The van der Waals surface area contributed by atoms with E-state index in [-0.39, 0.29) is 11.5 Å². The van der Waals surface area contributed by atoms with Crippen molar-refractivity contribution in [3.05, 3.63) is 29.8 Å². The van der Waals surface area contributed by atoms with E-state index in [1.165, 1.54) is 24.3 Å². The first-order valence-electron chi connectivity index (χ1n) is 3.73. The minimum atomic E-state index is -2.86. The van der Waals surface area contributed by atoms with Gasteiger partial charge in [-0.25, -0.2) is 8.42 Å². The van der Waals surface area contributed by atoms with Crippen molar-refractivity contribution in [3.63, 3.8) is 0 Å². The average Bonchev–Trinajstić information content (AvgIpc) is 2.06. The van der Waals surface area contributed by atoms with Crippen molar-refractivity contribution in [2.24, 2.45) is 0 Å². The average molecular weight is 222 g/mol. The summed E-state index contributed by atoms with van der Waals surface area (Å²) in [5.41, 5.74) is 0.544. The summed E-state index contributed by atoms with van der Waals surface area (Å²) in [7, 11) is -2.49. The van der Waals surface area contributed by atoms with Gasteiger partial charge < -0.3 is 4.74 Å². The monoisotopic (exact) mass is 222 g/mol. The SMILES string of the molecule is O=[SH](=O)Cc1ccc(OC(F)F)cc1. The van der Waals surface area contributed by atoms with Crippen molar-refractivity contribution in [1.29, 1.82) is 0 Å². The van der Waals surface area contributed by atoms with Gasteiger partial charge in [-0.15, -0.1) is 0 Å². The summed E-state index contributed by atoms with van der Waals surface area (Å²) in [6.07, 6.45) is 0. The van der Waals surface area contributed by atoms with Crippen molar-refractivity contribution in [2.75, 3.05) is 0 Å². The molecule has 0 N–H and O–H groups in total. The Labute approximate surface area is 81.3 Å². The highest BCUT2D eigenvalue weighted by molar-refractivity contribution is 7.71. The van der Waals surface area contributed by atoms with E-state index in [9.17, 15) is 17.2 Å². The van der Waals surface area contributed by atoms with E-state index in [4.69, 9.17) is 0 Å². The van der Waals surface area contributed by atoms with Gasteiger partial charge in [0.25, 0.3) is 0 Å². The molecule has 0 radical (unpaired) electrons. The fraction of sp³-hybridized carbons (Fsp3) is 0.250. The first-order chi connectivity index (χ1) is 6.58. The van der Waals surface area contributed by atoms with E-state index >= 15 is 0 Å². The zero-order valence-electron chi connectivity index (χ0n) is 7.02. The second kappa shape index (κ2) is 4.90. The molecule has 0 amide bonds. The van der Waals surface area contributed by atoms with Gasteiger partial charge in [0, 0.05) is 0 Å². The van der Waals surface area contributed by atoms with Crippen molar-refractivity contribution < 1.29 is 21.9 Å². The van der Waals surface area contributed by atoms with Crippen LogP contribution in [-0.2, 0) is 16.5 Å². The van der Waals surface area contributed by atoms with Gasteiger partial charge in [0.15, 0.2) is 0 Å². The molecule has 3 nitrogen and oxygen atoms in total. The number of halogens is 2. The fourth-order valence-electron chi connectivity index (χ4n) is 0.925. The van der Waals surface area contributed by atoms with Crippen LogP contribution in [0, 0.1) is 0 Å². The molecule has 0 aliphatic heterocycles. The largest absolute Gasteiger partial charge is 0.435 e. The van der Waals surface area contributed by atoms with Crippen LogP contribution < -0.4 is 4.74 Å². The number of hydrogen-bond acceptors (Lipinski definition) is 3. The minimum absolute atomic E-state index is 0.0184. The maximum atomic E-state index is 11.7. The zero-order chi connectivity index (χ0) is 10.6. The lowest BCUT2D eigenvalue weighted by Gasteiger charge is -2.03. The lowest BCUT2D eigenvalue weighted by Crippen LogP contribution is -2.01. The molecule has 1 aromatic carbocycles. The third-order valence-corrected chi connectivity index (χ3v) is 2.08. The Morgan fingerprint density at radius 3 is 2.21 bits per heavy atom. The molecule has 1 rings (SSSR count). The Morgan fingerprint density at radius 1 is 1.21 bits per heavy atom. The number of hydrogen-bond donors (Lipinski definition) is 1. The van der Waals surface area contributed by atoms with Gasteiger partial charge >= 0.3 is 6.61 Å². The summed E-state index contributed by atoms with van der Waals surface area (Å²) >= 11 is 0. The third-order valence-electron chi connectivity index (χ3n) is 1.46. The molecule has 1 aromatic rings. The van der Waals surface area contributed by atoms with E-state index in [1.807, 2.05) is 0 Å². The minimum Gasteiger partial charge on any atom is -0.435 e. The molecule has 0 aliphatic rings. The molecule has 0 aliphatic carbocycles. The Hall–Kier alpha value is -1.17. The van der Waals surface area contributed by atoms with Crippen LogP contribution in [0.5, 0.6) is 5.75 Å². The van der Waals surface area contributed by atoms with Gasteiger partial charge in [-0.2, -0.15) is 8.78 Å². The van der Waals surface area contributed by atoms with Gasteiger partial charge in [0.05, 0.1) is 5.75 Å². The van der Waals surface area contributed by atoms with Crippen LogP contribution in [0.2, 0.25) is 0 Å². The molecule has 14 heavy (non-hydrogen) atoms. The normalized spacial score (nSPS) is 10.9. The predicted molar refractivity (Wildman–Crippen MR) is 47.1 cm³/mol. The summed E-state index contributed by atoms with van der Waals surface area (Å²) in [4.78, 5) is 0. The topological polar surface area (TPSA) is 43.4 Å². The highest BCUT2D eigenvalue weighted by Gasteiger charge is 2.03. The lowest BCUT2D eigenvalue weighted by atomic mass is 10.2. The second-order valence-corrected chi connectivity index (χ2v) is 3.49. The highest BCUT2D eigenvalue weighted by Crippen LogP contribution is 2.15. The van der Waals surface area contributed by atoms with E-state index in [2.05, 4.69) is 4.74 Å². The van der Waals surface area contributed by atoms with Crippen molar-refractivity contribution in [2.45, 2.75) is 12.4 Å². The third kappa shape index (κ3) is 3.69. The Morgan fingerprint density at radius 2 is 1.79 bits per heavy atom. The first kappa shape index (κ1) is 10.9. The van der Waals surface area contributed by atoms with Crippen molar-refractivity contribution in [1.82, 2.24) is 0 Å². The van der Waals surface area contributed by atoms with Gasteiger partial charge in [-0.05, 0) is 17.7 Å². The van der Waals surface area contributed by atoms with Crippen LogP contribution in [0.15, 0.2) is 24.3 Å². The van der Waals surface area contributed by atoms with E-state index in [0.717, 1.165) is 0 Å². The number of thiol groups is 1. The Kier molecular flexibility index (Phi) is 3.82. The number of benzene rings is 1. The molecule has 6 heteroatoms. The maximum absolute atomic E-state index is 11.7. The quantitative estimate of drug-likeness (QED) is 0.783. The lowest BCUT2D eigenvalue weighted by molar-refractivity contribution is -0.0498. The van der Waals surface area contributed by atoms with Crippen molar-refractivity contribution >= 4 is 10.7 Å². The highest BCUT2D eigenvalue weighted by atomic mass is 32.2. The summed E-state index contributed by atoms with van der Waals surface area (Å²) in [5.74, 6) is -0.0746. The molecule has 0 fully saturated rings. The number of ether oxygens (including phenoxy) is 1. The molecule has 0 saturated carbocycles. The molecule has 0 atom stereocenters. The molecular weight excluding hydrogens is 214 g/mol. The maximum Gasteiger partial charge on any atom is 0.387 e. The van der Waals surface area contributed by atoms with Crippen LogP contribution in [-0.4, -0.2) is 15.0 Å². The standard InChI is InChI=1S/C8H8F2O3S/c9-8(10)13-7-3-1-6(2-4-7)5-14(11)12/h1-4,8,14H,5H2. The van der Waals surface area contributed by atoms with Gasteiger partial charge in [-0.1, -0.05) is 12.1 Å². The number of alkyl halides is 2. The molecule has 0 heterocycles. The molecule has 78 valence electrons. The summed E-state index contributed by atoms with van der Waals surface area (Å²) in [6.45, 7) is -2.86. The molecule has 0 bridgehead atoms. The zero-order valence-corrected chi connectivity index (χ0v) is 7.92. The molecule has 0 saturated heterocycles. The summed E-state index contributed by atoms with van der Waals surface area (Å²) < 4.78 is 48.1. The fourth-order valence-corrected chi connectivity index (χ4v) is 1.43. The van der Waals surface area contributed by atoms with Gasteiger partial charge in [0.1, 0.15) is 16.5 Å². The molecule has 0 aromatic heterocycles. The van der Waals surface area contributed by atoms with E-state index in [1.54, 1.807) is 0 Å².